The second-order valence-electron chi connectivity index (χ2n) is 11.2. The first-order valence-electron chi connectivity index (χ1n) is 16.1. The standard InChI is InChI=1S/C32H64O6/c1-6-7-8-9-10-11-12-13-14-15-16-17-18-19-20-21-22-23-24-25-26-37-32-31(36-5)30(35-4)29(34-3)28(38-32)27-33-2/h28-32H,6-27H2,1-5H3/t28-,29-,30+,31-,32-/m1/s1. The Hall–Kier alpha value is -0.240. The van der Waals surface area contributed by atoms with Gasteiger partial charge in [0.05, 0.1) is 6.61 Å². The van der Waals surface area contributed by atoms with Gasteiger partial charge in [0.15, 0.2) is 6.29 Å². The molecular formula is C32H64O6. The van der Waals surface area contributed by atoms with E-state index < -0.39 is 6.29 Å². The zero-order chi connectivity index (χ0) is 27.7. The van der Waals surface area contributed by atoms with Crippen LogP contribution in [0.5, 0.6) is 0 Å². The Morgan fingerprint density at radius 2 is 0.868 bits per heavy atom. The second kappa shape index (κ2) is 25.7. The van der Waals surface area contributed by atoms with Crippen LogP contribution >= 0.6 is 0 Å². The van der Waals surface area contributed by atoms with E-state index in [1.165, 1.54) is 122 Å². The lowest BCUT2D eigenvalue weighted by Crippen LogP contribution is -2.61. The van der Waals surface area contributed by atoms with Crippen LogP contribution in [0, 0.1) is 0 Å². The van der Waals surface area contributed by atoms with E-state index in [0.717, 1.165) is 6.42 Å². The van der Waals surface area contributed by atoms with E-state index in [4.69, 9.17) is 28.4 Å². The summed E-state index contributed by atoms with van der Waals surface area (Å²) < 4.78 is 34.5. The minimum absolute atomic E-state index is 0.249. The molecule has 6 nitrogen and oxygen atoms in total. The molecule has 0 unspecified atom stereocenters. The van der Waals surface area contributed by atoms with E-state index in [2.05, 4.69) is 6.92 Å². The molecule has 1 aliphatic heterocycles. The first-order chi connectivity index (χ1) is 18.7. The highest BCUT2D eigenvalue weighted by Crippen LogP contribution is 2.28. The maximum atomic E-state index is 6.13. The number of hydrogen-bond acceptors (Lipinski definition) is 6. The van der Waals surface area contributed by atoms with Gasteiger partial charge in [-0.25, -0.2) is 0 Å². The maximum absolute atomic E-state index is 6.13. The molecule has 0 radical (unpaired) electrons. The largest absolute Gasteiger partial charge is 0.382 e. The maximum Gasteiger partial charge on any atom is 0.186 e. The van der Waals surface area contributed by atoms with E-state index in [9.17, 15) is 0 Å². The van der Waals surface area contributed by atoms with Crippen molar-refractivity contribution in [3.8, 4) is 0 Å². The SMILES string of the molecule is CCCCCCCCCCCCCCCCCCCCCCO[C@@H]1O[C@H](COC)[C@@H](OC)[C@H](OC)[C@H]1OC. The Bertz CT molecular complexity index is 491. The Balaban J connectivity index is 1.94. The first kappa shape index (κ1) is 35.8. The molecule has 0 aliphatic carbocycles. The molecule has 1 heterocycles. The third kappa shape index (κ3) is 16.1. The zero-order valence-corrected chi connectivity index (χ0v) is 25.9. The van der Waals surface area contributed by atoms with E-state index >= 15 is 0 Å². The monoisotopic (exact) mass is 544 g/mol. The summed E-state index contributed by atoms with van der Waals surface area (Å²) in [7, 11) is 6.66. The van der Waals surface area contributed by atoms with Gasteiger partial charge in [0.1, 0.15) is 24.4 Å². The lowest BCUT2D eigenvalue weighted by molar-refractivity contribution is -0.313. The molecule has 0 aromatic carbocycles. The summed E-state index contributed by atoms with van der Waals surface area (Å²) in [5.74, 6) is 0. The molecule has 1 aliphatic rings. The van der Waals surface area contributed by atoms with Crippen LogP contribution in [0.25, 0.3) is 0 Å². The van der Waals surface area contributed by atoms with Crippen molar-refractivity contribution in [3.63, 3.8) is 0 Å². The molecule has 0 N–H and O–H groups in total. The summed E-state index contributed by atoms with van der Waals surface area (Å²) >= 11 is 0. The molecule has 228 valence electrons. The fourth-order valence-electron chi connectivity index (χ4n) is 5.67. The molecule has 1 fully saturated rings. The molecule has 0 amide bonds. The minimum atomic E-state index is -0.475. The first-order valence-corrected chi connectivity index (χ1v) is 16.1. The average molecular weight is 545 g/mol. The van der Waals surface area contributed by atoms with Crippen molar-refractivity contribution in [2.75, 3.05) is 41.7 Å². The van der Waals surface area contributed by atoms with Crippen molar-refractivity contribution in [2.45, 2.75) is 166 Å². The molecule has 38 heavy (non-hydrogen) atoms. The second-order valence-corrected chi connectivity index (χ2v) is 11.2. The number of unbranched alkanes of at least 4 members (excludes halogenated alkanes) is 19. The molecule has 0 aromatic rings. The topological polar surface area (TPSA) is 55.4 Å². The Morgan fingerprint density at radius 1 is 0.474 bits per heavy atom. The van der Waals surface area contributed by atoms with Crippen LogP contribution < -0.4 is 0 Å². The molecule has 0 bridgehead atoms. The molecule has 1 saturated heterocycles. The van der Waals surface area contributed by atoms with E-state index in [1.54, 1.807) is 28.4 Å². The number of rotatable bonds is 27. The van der Waals surface area contributed by atoms with Crippen molar-refractivity contribution in [1.82, 2.24) is 0 Å². The summed E-state index contributed by atoms with van der Waals surface area (Å²) in [6.45, 7) is 3.38. The lowest BCUT2D eigenvalue weighted by atomic mass is 9.98. The van der Waals surface area contributed by atoms with Crippen LogP contribution in [0.4, 0.5) is 0 Å². The van der Waals surface area contributed by atoms with Crippen molar-refractivity contribution in [3.05, 3.63) is 0 Å². The Labute approximate surface area is 236 Å². The summed E-state index contributed by atoms with van der Waals surface area (Å²) in [6.07, 6.45) is 26.1. The fourth-order valence-corrected chi connectivity index (χ4v) is 5.67. The minimum Gasteiger partial charge on any atom is -0.382 e. The van der Waals surface area contributed by atoms with Crippen LogP contribution in [0.15, 0.2) is 0 Å². The zero-order valence-electron chi connectivity index (χ0n) is 25.9. The highest BCUT2D eigenvalue weighted by molar-refractivity contribution is 4.92. The normalized spacial score (nSPS) is 23.8. The van der Waals surface area contributed by atoms with Gasteiger partial charge >= 0.3 is 0 Å². The highest BCUT2D eigenvalue weighted by Gasteiger charge is 2.47. The highest BCUT2D eigenvalue weighted by atomic mass is 16.7. The van der Waals surface area contributed by atoms with Crippen LogP contribution in [0.2, 0.25) is 0 Å². The van der Waals surface area contributed by atoms with E-state index in [0.29, 0.717) is 13.2 Å². The van der Waals surface area contributed by atoms with Gasteiger partial charge in [-0.15, -0.1) is 0 Å². The molecule has 0 spiro atoms. The van der Waals surface area contributed by atoms with Crippen LogP contribution in [-0.4, -0.2) is 72.4 Å². The molecule has 5 atom stereocenters. The van der Waals surface area contributed by atoms with Gasteiger partial charge in [0, 0.05) is 35.0 Å². The molecule has 0 saturated carbocycles. The third-order valence-corrected chi connectivity index (χ3v) is 8.02. The smallest absolute Gasteiger partial charge is 0.186 e. The van der Waals surface area contributed by atoms with Crippen molar-refractivity contribution in [1.29, 1.82) is 0 Å². The molecule has 1 rings (SSSR count). The van der Waals surface area contributed by atoms with Gasteiger partial charge in [0.25, 0.3) is 0 Å². The molecule has 0 aromatic heterocycles. The van der Waals surface area contributed by atoms with E-state index in [-0.39, 0.29) is 24.4 Å². The van der Waals surface area contributed by atoms with Gasteiger partial charge in [-0.1, -0.05) is 129 Å². The summed E-state index contributed by atoms with van der Waals surface area (Å²) in [6, 6.07) is 0. The Kier molecular flexibility index (Phi) is 24.2. The van der Waals surface area contributed by atoms with Gasteiger partial charge in [-0.2, -0.15) is 0 Å². The van der Waals surface area contributed by atoms with E-state index in [1.807, 2.05) is 0 Å². The predicted molar refractivity (Wildman–Crippen MR) is 157 cm³/mol. The summed E-state index contributed by atoms with van der Waals surface area (Å²) in [4.78, 5) is 0. The summed E-state index contributed by atoms with van der Waals surface area (Å²) in [5, 5.41) is 0. The van der Waals surface area contributed by atoms with Gasteiger partial charge in [0.2, 0.25) is 0 Å². The predicted octanol–water partition coefficient (Wildman–Crippen LogP) is 8.24. The van der Waals surface area contributed by atoms with Gasteiger partial charge in [-0.3, -0.25) is 0 Å². The van der Waals surface area contributed by atoms with Gasteiger partial charge < -0.3 is 28.4 Å². The number of hydrogen-bond donors (Lipinski definition) is 0. The third-order valence-electron chi connectivity index (χ3n) is 8.02. The van der Waals surface area contributed by atoms with Crippen molar-refractivity contribution in [2.24, 2.45) is 0 Å². The Morgan fingerprint density at radius 3 is 1.24 bits per heavy atom. The average Bonchev–Trinajstić information content (AvgIpc) is 2.93. The van der Waals surface area contributed by atoms with Gasteiger partial charge in [-0.05, 0) is 6.42 Å². The fraction of sp³-hybridized carbons (Fsp3) is 1.00. The van der Waals surface area contributed by atoms with Crippen LogP contribution in [0.1, 0.15) is 135 Å². The van der Waals surface area contributed by atoms with Crippen molar-refractivity contribution < 1.29 is 28.4 Å². The van der Waals surface area contributed by atoms with Crippen LogP contribution in [0.3, 0.4) is 0 Å². The number of methoxy groups -OCH3 is 4. The van der Waals surface area contributed by atoms with Crippen molar-refractivity contribution >= 4 is 0 Å². The summed E-state index contributed by atoms with van der Waals surface area (Å²) in [5.41, 5.74) is 0. The lowest BCUT2D eigenvalue weighted by Gasteiger charge is -2.44. The van der Waals surface area contributed by atoms with Crippen LogP contribution in [-0.2, 0) is 28.4 Å². The quantitative estimate of drug-likeness (QED) is 0.0971. The molecular weight excluding hydrogens is 480 g/mol. The number of ether oxygens (including phenoxy) is 6. The molecule has 6 heteroatoms.